The number of nitrogens with one attached hydrogen (secondary N) is 1. The molecule has 0 aliphatic heterocycles. The van der Waals surface area contributed by atoms with E-state index >= 15 is 0 Å². The van der Waals surface area contributed by atoms with Crippen LogP contribution in [0.25, 0.3) is 5.57 Å². The molecule has 23 heavy (non-hydrogen) atoms. The summed E-state index contributed by atoms with van der Waals surface area (Å²) in [6, 6.07) is 16.8. The van der Waals surface area contributed by atoms with Gasteiger partial charge < -0.3 is 5.32 Å². The van der Waals surface area contributed by atoms with E-state index in [4.69, 9.17) is 0 Å². The maximum absolute atomic E-state index is 3.90. The molecule has 0 unspecified atom stereocenters. The molecule has 1 N–H and O–H groups in total. The Hall–Kier alpha value is -2.54. The summed E-state index contributed by atoms with van der Waals surface area (Å²) in [5.74, 6) is 0. The summed E-state index contributed by atoms with van der Waals surface area (Å²) in [4.78, 5) is 0. The molecule has 2 aromatic rings. The molecule has 2 aromatic carbocycles. The predicted molar refractivity (Wildman–Crippen MR) is 103 cm³/mol. The Bertz CT molecular complexity index is 712. The maximum Gasteiger partial charge on any atom is 0.0463 e. The first-order valence-corrected chi connectivity index (χ1v) is 7.88. The van der Waals surface area contributed by atoms with Crippen molar-refractivity contribution in [3.63, 3.8) is 0 Å². The molecule has 0 heterocycles. The molecular formula is C22H25N. The van der Waals surface area contributed by atoms with E-state index in [1.165, 1.54) is 5.56 Å². The SMILES string of the molecule is C=C/C=C(\C=C)c1ccccc1Nc1ccc(C(C)(C)C)cc1. The molecular weight excluding hydrogens is 278 g/mol. The second-order valence-corrected chi connectivity index (χ2v) is 6.56. The quantitative estimate of drug-likeness (QED) is 0.623. The van der Waals surface area contributed by atoms with Crippen molar-refractivity contribution in [3.8, 4) is 0 Å². The fourth-order valence-electron chi connectivity index (χ4n) is 2.45. The standard InChI is InChI=1S/C22H25N/c1-6-10-17(7-2)20-11-8-9-12-21(20)23-19-15-13-18(14-16-19)22(3,4)5/h6-16,23H,1-2H2,3-5H3/b17-10+. The lowest BCUT2D eigenvalue weighted by Gasteiger charge is -2.19. The molecule has 0 atom stereocenters. The molecule has 0 spiro atoms. The number of benzene rings is 2. The normalized spacial score (nSPS) is 11.9. The van der Waals surface area contributed by atoms with Crippen LogP contribution in [0.2, 0.25) is 0 Å². The minimum atomic E-state index is 0.166. The Morgan fingerprint density at radius 1 is 0.957 bits per heavy atom. The van der Waals surface area contributed by atoms with Crippen molar-refractivity contribution in [2.24, 2.45) is 0 Å². The molecule has 0 fully saturated rings. The number of anilines is 2. The summed E-state index contributed by atoms with van der Waals surface area (Å²) in [6.45, 7) is 14.3. The van der Waals surface area contributed by atoms with Gasteiger partial charge in [0.15, 0.2) is 0 Å². The smallest absolute Gasteiger partial charge is 0.0463 e. The monoisotopic (exact) mass is 303 g/mol. The molecule has 0 amide bonds. The minimum absolute atomic E-state index is 0.166. The molecule has 0 radical (unpaired) electrons. The molecule has 118 valence electrons. The fraction of sp³-hybridized carbons (Fsp3) is 0.182. The molecule has 0 bridgehead atoms. The van der Waals surface area contributed by atoms with E-state index in [0.717, 1.165) is 22.5 Å². The zero-order valence-electron chi connectivity index (χ0n) is 14.3. The lowest BCUT2D eigenvalue weighted by atomic mass is 9.87. The van der Waals surface area contributed by atoms with Crippen LogP contribution in [0.5, 0.6) is 0 Å². The molecule has 0 saturated heterocycles. The van der Waals surface area contributed by atoms with Gasteiger partial charge in [0.25, 0.3) is 0 Å². The van der Waals surface area contributed by atoms with E-state index < -0.39 is 0 Å². The predicted octanol–water partition coefficient (Wildman–Crippen LogP) is 6.48. The van der Waals surface area contributed by atoms with Crippen LogP contribution in [0.3, 0.4) is 0 Å². The van der Waals surface area contributed by atoms with E-state index in [2.05, 4.69) is 75.6 Å². The molecule has 0 aromatic heterocycles. The molecule has 0 saturated carbocycles. The molecule has 0 aliphatic rings. The Kier molecular flexibility index (Phi) is 5.23. The summed E-state index contributed by atoms with van der Waals surface area (Å²) < 4.78 is 0. The number of para-hydroxylation sites is 1. The molecule has 1 nitrogen and oxygen atoms in total. The highest BCUT2D eigenvalue weighted by atomic mass is 14.9. The third-order valence-corrected chi connectivity index (χ3v) is 3.79. The van der Waals surface area contributed by atoms with Gasteiger partial charge in [0, 0.05) is 16.9 Å². The maximum atomic E-state index is 3.90. The average Bonchev–Trinajstić information content (AvgIpc) is 2.53. The van der Waals surface area contributed by atoms with E-state index in [-0.39, 0.29) is 5.41 Å². The Balaban J connectivity index is 2.32. The van der Waals surface area contributed by atoms with Crippen LogP contribution >= 0.6 is 0 Å². The van der Waals surface area contributed by atoms with Crippen LogP contribution in [-0.2, 0) is 5.41 Å². The topological polar surface area (TPSA) is 12.0 Å². The highest BCUT2D eigenvalue weighted by molar-refractivity contribution is 5.84. The molecule has 2 rings (SSSR count). The van der Waals surface area contributed by atoms with Crippen LogP contribution in [0.1, 0.15) is 31.9 Å². The Morgan fingerprint density at radius 2 is 1.61 bits per heavy atom. The molecule has 1 heteroatoms. The molecule has 0 aliphatic carbocycles. The van der Waals surface area contributed by atoms with Crippen molar-refractivity contribution in [2.75, 3.05) is 5.32 Å². The Morgan fingerprint density at radius 3 is 2.17 bits per heavy atom. The number of allylic oxidation sites excluding steroid dienone is 4. The van der Waals surface area contributed by atoms with E-state index in [0.29, 0.717) is 0 Å². The lowest BCUT2D eigenvalue weighted by Crippen LogP contribution is -2.10. The first kappa shape index (κ1) is 16.8. The first-order valence-electron chi connectivity index (χ1n) is 7.88. The summed E-state index contributed by atoms with van der Waals surface area (Å²) in [5.41, 5.74) is 5.79. The third kappa shape index (κ3) is 4.23. The number of hydrogen-bond donors (Lipinski definition) is 1. The third-order valence-electron chi connectivity index (χ3n) is 3.79. The van der Waals surface area contributed by atoms with Crippen molar-refractivity contribution in [3.05, 3.63) is 91.0 Å². The van der Waals surface area contributed by atoms with Crippen molar-refractivity contribution >= 4 is 16.9 Å². The van der Waals surface area contributed by atoms with Gasteiger partial charge >= 0.3 is 0 Å². The highest BCUT2D eigenvalue weighted by Crippen LogP contribution is 2.29. The van der Waals surface area contributed by atoms with Crippen LogP contribution in [0, 0.1) is 0 Å². The average molecular weight is 303 g/mol. The van der Waals surface area contributed by atoms with Gasteiger partial charge in [-0.05, 0) is 34.8 Å². The number of rotatable bonds is 5. The first-order chi connectivity index (χ1) is 11.0. The van der Waals surface area contributed by atoms with Gasteiger partial charge in [-0.15, -0.1) is 0 Å². The van der Waals surface area contributed by atoms with Crippen molar-refractivity contribution in [2.45, 2.75) is 26.2 Å². The van der Waals surface area contributed by atoms with Crippen LogP contribution in [0.15, 0.2) is 79.9 Å². The van der Waals surface area contributed by atoms with E-state index in [1.807, 2.05) is 24.3 Å². The van der Waals surface area contributed by atoms with Gasteiger partial charge in [0.2, 0.25) is 0 Å². The summed E-state index contributed by atoms with van der Waals surface area (Å²) in [6.07, 6.45) is 5.60. The van der Waals surface area contributed by atoms with Crippen molar-refractivity contribution in [1.82, 2.24) is 0 Å². The van der Waals surface area contributed by atoms with Gasteiger partial charge in [-0.3, -0.25) is 0 Å². The van der Waals surface area contributed by atoms with Gasteiger partial charge in [-0.2, -0.15) is 0 Å². The largest absolute Gasteiger partial charge is 0.355 e. The summed E-state index contributed by atoms with van der Waals surface area (Å²) >= 11 is 0. The van der Waals surface area contributed by atoms with Crippen molar-refractivity contribution < 1.29 is 0 Å². The summed E-state index contributed by atoms with van der Waals surface area (Å²) in [7, 11) is 0. The van der Waals surface area contributed by atoms with Gasteiger partial charge in [-0.25, -0.2) is 0 Å². The zero-order valence-corrected chi connectivity index (χ0v) is 14.3. The number of hydrogen-bond acceptors (Lipinski definition) is 1. The zero-order chi connectivity index (χ0) is 16.9. The van der Waals surface area contributed by atoms with Gasteiger partial charge in [-0.1, -0.05) is 82.5 Å². The van der Waals surface area contributed by atoms with Crippen LogP contribution < -0.4 is 5.32 Å². The van der Waals surface area contributed by atoms with Crippen LogP contribution in [-0.4, -0.2) is 0 Å². The van der Waals surface area contributed by atoms with Crippen LogP contribution in [0.4, 0.5) is 11.4 Å². The van der Waals surface area contributed by atoms with Crippen molar-refractivity contribution in [1.29, 1.82) is 0 Å². The van der Waals surface area contributed by atoms with Gasteiger partial charge in [0.05, 0.1) is 0 Å². The summed E-state index contributed by atoms with van der Waals surface area (Å²) in [5, 5.41) is 3.50. The van der Waals surface area contributed by atoms with E-state index in [9.17, 15) is 0 Å². The lowest BCUT2D eigenvalue weighted by molar-refractivity contribution is 0.590. The second kappa shape index (κ2) is 7.15. The van der Waals surface area contributed by atoms with E-state index in [1.54, 1.807) is 6.08 Å². The fourth-order valence-corrected chi connectivity index (χ4v) is 2.45. The second-order valence-electron chi connectivity index (χ2n) is 6.56. The highest BCUT2D eigenvalue weighted by Gasteiger charge is 2.13. The minimum Gasteiger partial charge on any atom is -0.355 e. The van der Waals surface area contributed by atoms with Gasteiger partial charge in [0.1, 0.15) is 0 Å². The Labute approximate surface area is 140 Å².